The fourth-order valence-electron chi connectivity index (χ4n) is 1.71. The fraction of sp³-hybridized carbons (Fsp3) is 0.250. The highest BCUT2D eigenvalue weighted by molar-refractivity contribution is 5.40. The molecule has 0 saturated carbocycles. The van der Waals surface area contributed by atoms with E-state index in [2.05, 4.69) is 5.10 Å². The van der Waals surface area contributed by atoms with Crippen molar-refractivity contribution in [2.45, 2.75) is 20.3 Å². The van der Waals surface area contributed by atoms with Crippen LogP contribution in [0.15, 0.2) is 30.3 Å². The monoisotopic (exact) mass is 202 g/mol. The number of rotatable bonds is 2. The highest BCUT2D eigenvalue weighted by atomic mass is 16.3. The standard InChI is InChI=1S/C12H14N2O/c1-3-11-9(2)13-14(12(11)15)10-7-5-4-6-8-10/h4-8,15H,3H2,1-2H3. The minimum Gasteiger partial charge on any atom is -0.493 e. The van der Waals surface area contributed by atoms with E-state index in [4.69, 9.17) is 0 Å². The molecule has 0 radical (unpaired) electrons. The van der Waals surface area contributed by atoms with E-state index in [0.717, 1.165) is 23.4 Å². The molecule has 0 amide bonds. The Morgan fingerprint density at radius 1 is 1.27 bits per heavy atom. The maximum absolute atomic E-state index is 9.96. The van der Waals surface area contributed by atoms with Crippen LogP contribution in [-0.4, -0.2) is 14.9 Å². The van der Waals surface area contributed by atoms with Crippen molar-refractivity contribution in [2.24, 2.45) is 0 Å². The topological polar surface area (TPSA) is 38.0 Å². The summed E-state index contributed by atoms with van der Waals surface area (Å²) in [5.74, 6) is 0.251. The Labute approximate surface area is 89.0 Å². The third-order valence-corrected chi connectivity index (χ3v) is 2.51. The van der Waals surface area contributed by atoms with Crippen LogP contribution in [0.25, 0.3) is 5.69 Å². The van der Waals surface area contributed by atoms with E-state index in [1.807, 2.05) is 44.2 Å². The van der Waals surface area contributed by atoms with Gasteiger partial charge in [0.2, 0.25) is 5.88 Å². The second-order valence-corrected chi connectivity index (χ2v) is 3.49. The molecule has 0 bridgehead atoms. The van der Waals surface area contributed by atoms with Gasteiger partial charge >= 0.3 is 0 Å². The van der Waals surface area contributed by atoms with Gasteiger partial charge in [0.1, 0.15) is 0 Å². The van der Waals surface area contributed by atoms with Gasteiger partial charge in [0.25, 0.3) is 0 Å². The molecule has 0 unspecified atom stereocenters. The van der Waals surface area contributed by atoms with Crippen LogP contribution in [0.3, 0.4) is 0 Å². The lowest BCUT2D eigenvalue weighted by molar-refractivity contribution is 0.428. The minimum atomic E-state index is 0.251. The van der Waals surface area contributed by atoms with Crippen molar-refractivity contribution in [3.8, 4) is 11.6 Å². The molecule has 2 rings (SSSR count). The molecule has 0 aliphatic heterocycles. The van der Waals surface area contributed by atoms with Crippen LogP contribution in [0.5, 0.6) is 5.88 Å². The van der Waals surface area contributed by atoms with Crippen molar-refractivity contribution in [1.29, 1.82) is 0 Å². The molecular formula is C12H14N2O. The number of hydrogen-bond donors (Lipinski definition) is 1. The van der Waals surface area contributed by atoms with E-state index >= 15 is 0 Å². The van der Waals surface area contributed by atoms with Crippen molar-refractivity contribution < 1.29 is 5.11 Å². The fourth-order valence-corrected chi connectivity index (χ4v) is 1.71. The van der Waals surface area contributed by atoms with Gasteiger partial charge in [0, 0.05) is 5.56 Å². The first-order valence-corrected chi connectivity index (χ1v) is 5.07. The number of nitrogens with zero attached hydrogens (tertiary/aromatic N) is 2. The molecule has 1 N–H and O–H groups in total. The first kappa shape index (κ1) is 9.77. The SMILES string of the molecule is CCc1c(C)nn(-c2ccccc2)c1O. The quantitative estimate of drug-likeness (QED) is 0.812. The van der Waals surface area contributed by atoms with Crippen molar-refractivity contribution in [3.05, 3.63) is 41.6 Å². The first-order valence-electron chi connectivity index (χ1n) is 5.07. The molecule has 0 saturated heterocycles. The Balaban J connectivity index is 2.55. The van der Waals surface area contributed by atoms with Crippen molar-refractivity contribution in [3.63, 3.8) is 0 Å². The molecule has 1 heterocycles. The molecule has 0 aliphatic carbocycles. The smallest absolute Gasteiger partial charge is 0.217 e. The Morgan fingerprint density at radius 3 is 2.47 bits per heavy atom. The summed E-state index contributed by atoms with van der Waals surface area (Å²) in [7, 11) is 0. The maximum atomic E-state index is 9.96. The summed E-state index contributed by atoms with van der Waals surface area (Å²) in [5, 5.41) is 14.3. The average Bonchev–Trinajstić information content (AvgIpc) is 2.55. The number of para-hydroxylation sites is 1. The van der Waals surface area contributed by atoms with Gasteiger partial charge < -0.3 is 5.11 Å². The Bertz CT molecular complexity index is 460. The summed E-state index contributed by atoms with van der Waals surface area (Å²) in [6, 6.07) is 9.64. The molecule has 3 nitrogen and oxygen atoms in total. The zero-order chi connectivity index (χ0) is 10.8. The molecule has 1 aromatic carbocycles. The Hall–Kier alpha value is -1.77. The lowest BCUT2D eigenvalue weighted by Gasteiger charge is -2.02. The first-order chi connectivity index (χ1) is 7.24. The van der Waals surface area contributed by atoms with Crippen LogP contribution < -0.4 is 0 Å². The van der Waals surface area contributed by atoms with Crippen LogP contribution in [0.2, 0.25) is 0 Å². The predicted molar refractivity (Wildman–Crippen MR) is 59.3 cm³/mol. The maximum Gasteiger partial charge on any atom is 0.217 e. The molecule has 0 atom stereocenters. The Kier molecular flexibility index (Phi) is 2.46. The van der Waals surface area contributed by atoms with Gasteiger partial charge in [-0.3, -0.25) is 0 Å². The molecule has 0 spiro atoms. The normalized spacial score (nSPS) is 10.5. The van der Waals surface area contributed by atoms with Gasteiger partial charge in [-0.25, -0.2) is 4.68 Å². The third kappa shape index (κ3) is 1.61. The zero-order valence-electron chi connectivity index (χ0n) is 8.94. The summed E-state index contributed by atoms with van der Waals surface area (Å²) < 4.78 is 1.58. The second-order valence-electron chi connectivity index (χ2n) is 3.49. The summed E-state index contributed by atoms with van der Waals surface area (Å²) in [5.41, 5.74) is 2.69. The van der Waals surface area contributed by atoms with Crippen LogP contribution in [0.4, 0.5) is 0 Å². The lowest BCUT2D eigenvalue weighted by Crippen LogP contribution is -1.95. The molecular weight excluding hydrogens is 188 g/mol. The van der Waals surface area contributed by atoms with E-state index in [0.29, 0.717) is 0 Å². The number of benzene rings is 1. The Morgan fingerprint density at radius 2 is 1.93 bits per heavy atom. The average molecular weight is 202 g/mol. The van der Waals surface area contributed by atoms with Gasteiger partial charge in [0.05, 0.1) is 11.4 Å². The number of aromatic nitrogens is 2. The second kappa shape index (κ2) is 3.77. The van der Waals surface area contributed by atoms with Crippen LogP contribution >= 0.6 is 0 Å². The predicted octanol–water partition coefficient (Wildman–Crippen LogP) is 2.45. The van der Waals surface area contributed by atoms with Gasteiger partial charge in [0.15, 0.2) is 0 Å². The molecule has 15 heavy (non-hydrogen) atoms. The van der Waals surface area contributed by atoms with Crippen LogP contribution in [-0.2, 0) is 6.42 Å². The molecule has 78 valence electrons. The number of aromatic hydroxyl groups is 1. The minimum absolute atomic E-state index is 0.251. The van der Waals surface area contributed by atoms with Gasteiger partial charge in [-0.05, 0) is 25.5 Å². The van der Waals surface area contributed by atoms with Crippen molar-refractivity contribution >= 4 is 0 Å². The largest absolute Gasteiger partial charge is 0.493 e. The van der Waals surface area contributed by atoms with E-state index in [1.54, 1.807) is 4.68 Å². The van der Waals surface area contributed by atoms with Gasteiger partial charge in [-0.15, -0.1) is 0 Å². The summed E-state index contributed by atoms with van der Waals surface area (Å²) >= 11 is 0. The number of hydrogen-bond acceptors (Lipinski definition) is 2. The molecule has 1 aromatic heterocycles. The van der Waals surface area contributed by atoms with Crippen molar-refractivity contribution in [2.75, 3.05) is 0 Å². The van der Waals surface area contributed by atoms with Crippen LogP contribution in [0.1, 0.15) is 18.2 Å². The van der Waals surface area contributed by atoms with E-state index < -0.39 is 0 Å². The highest BCUT2D eigenvalue weighted by Crippen LogP contribution is 2.24. The summed E-state index contributed by atoms with van der Waals surface area (Å²) in [6.45, 7) is 3.93. The van der Waals surface area contributed by atoms with Gasteiger partial charge in [-0.1, -0.05) is 25.1 Å². The summed E-state index contributed by atoms with van der Waals surface area (Å²) in [4.78, 5) is 0. The molecule has 0 aliphatic rings. The zero-order valence-corrected chi connectivity index (χ0v) is 8.94. The third-order valence-electron chi connectivity index (χ3n) is 2.51. The van der Waals surface area contributed by atoms with E-state index in [9.17, 15) is 5.11 Å². The van der Waals surface area contributed by atoms with Gasteiger partial charge in [-0.2, -0.15) is 5.10 Å². The lowest BCUT2D eigenvalue weighted by atomic mass is 10.2. The molecule has 0 fully saturated rings. The highest BCUT2D eigenvalue weighted by Gasteiger charge is 2.12. The summed E-state index contributed by atoms with van der Waals surface area (Å²) in [6.07, 6.45) is 0.796. The number of aryl methyl sites for hydroxylation is 1. The molecule has 3 heteroatoms. The van der Waals surface area contributed by atoms with E-state index in [1.165, 1.54) is 0 Å². The molecule has 2 aromatic rings. The van der Waals surface area contributed by atoms with E-state index in [-0.39, 0.29) is 5.88 Å². The van der Waals surface area contributed by atoms with Crippen LogP contribution in [0, 0.1) is 6.92 Å². The van der Waals surface area contributed by atoms with Crippen molar-refractivity contribution in [1.82, 2.24) is 9.78 Å².